The van der Waals surface area contributed by atoms with Crippen LogP contribution < -0.4 is 0 Å². The van der Waals surface area contributed by atoms with E-state index in [1.54, 1.807) is 12.1 Å². The van der Waals surface area contributed by atoms with Crippen molar-refractivity contribution in [2.75, 3.05) is 6.61 Å². The van der Waals surface area contributed by atoms with E-state index in [0.29, 0.717) is 17.5 Å². The van der Waals surface area contributed by atoms with Gasteiger partial charge in [-0.3, -0.25) is 4.79 Å². The minimum Gasteiger partial charge on any atom is -0.394 e. The Bertz CT molecular complexity index is 908. The van der Waals surface area contributed by atoms with Crippen molar-refractivity contribution in [2.45, 2.75) is 50.2 Å². The largest absolute Gasteiger partial charge is 0.394 e. The van der Waals surface area contributed by atoms with Crippen molar-refractivity contribution in [3.8, 4) is 0 Å². The summed E-state index contributed by atoms with van der Waals surface area (Å²) in [5, 5.41) is 40.5. The van der Waals surface area contributed by atoms with Crippen molar-refractivity contribution in [1.29, 1.82) is 0 Å². The Morgan fingerprint density at radius 2 is 1.76 bits per heavy atom. The van der Waals surface area contributed by atoms with Crippen molar-refractivity contribution in [2.24, 2.45) is 0 Å². The molecule has 2 heterocycles. The molecule has 1 spiro atoms. The van der Waals surface area contributed by atoms with Gasteiger partial charge in [-0.25, -0.2) is 0 Å². The van der Waals surface area contributed by atoms with Crippen molar-refractivity contribution in [1.82, 2.24) is 0 Å². The van der Waals surface area contributed by atoms with Crippen molar-refractivity contribution in [3.05, 3.63) is 70.3 Å². The molecule has 154 valence electrons. The van der Waals surface area contributed by atoms with Crippen LogP contribution in [0.15, 0.2) is 42.5 Å². The maximum Gasteiger partial charge on any atom is 0.225 e. The zero-order valence-electron chi connectivity index (χ0n) is 16.0. The summed E-state index contributed by atoms with van der Waals surface area (Å²) in [5.41, 5.74) is 3.97. The molecule has 4 rings (SSSR count). The standard InChI is InChI=1S/C22H24O7/c1-12(24)15-5-2-13(3-6-15)8-14-4-7-16-11-28-22(17(16)9-14)21(27)20(26)19(25)18(10-23)29-22/h2-7,9,18-21,23,25-27H,8,10-11H2,1H3/t18-,19-,20+,21-,22+/m1/s1. The summed E-state index contributed by atoms with van der Waals surface area (Å²) in [6.07, 6.45) is -4.94. The lowest BCUT2D eigenvalue weighted by molar-refractivity contribution is -0.368. The van der Waals surface area contributed by atoms with Crippen LogP contribution in [0.1, 0.15) is 39.5 Å². The normalized spacial score (nSPS) is 31.1. The third-order valence-electron chi connectivity index (χ3n) is 5.71. The Hall–Kier alpha value is -2.13. The molecule has 7 heteroatoms. The van der Waals surface area contributed by atoms with Gasteiger partial charge < -0.3 is 29.9 Å². The smallest absolute Gasteiger partial charge is 0.225 e. The molecule has 2 aromatic rings. The molecule has 0 aliphatic carbocycles. The van der Waals surface area contributed by atoms with Gasteiger partial charge >= 0.3 is 0 Å². The Morgan fingerprint density at radius 3 is 2.41 bits per heavy atom. The molecule has 1 saturated heterocycles. The minimum atomic E-state index is -1.64. The van der Waals surface area contributed by atoms with Gasteiger partial charge in [-0.15, -0.1) is 0 Å². The zero-order chi connectivity index (χ0) is 20.8. The van der Waals surface area contributed by atoms with Crippen LogP contribution in [0.3, 0.4) is 0 Å². The monoisotopic (exact) mass is 400 g/mol. The first-order valence-corrected chi connectivity index (χ1v) is 9.54. The number of carbonyl (C=O) groups is 1. The molecule has 7 nitrogen and oxygen atoms in total. The maximum atomic E-state index is 11.4. The molecule has 4 N–H and O–H groups in total. The Balaban J connectivity index is 1.65. The number of Topliss-reactive ketones (excluding diaryl/α,β-unsaturated/α-hetero) is 1. The highest BCUT2D eigenvalue weighted by Crippen LogP contribution is 2.46. The summed E-state index contributed by atoms with van der Waals surface area (Å²) in [5.74, 6) is -1.63. The fourth-order valence-corrected chi connectivity index (χ4v) is 4.02. The number of rotatable bonds is 4. The second kappa shape index (κ2) is 7.60. The van der Waals surface area contributed by atoms with E-state index in [4.69, 9.17) is 9.47 Å². The summed E-state index contributed by atoms with van der Waals surface area (Å²) in [4.78, 5) is 11.4. The minimum absolute atomic E-state index is 0.00999. The summed E-state index contributed by atoms with van der Waals surface area (Å²) < 4.78 is 11.6. The van der Waals surface area contributed by atoms with Crippen LogP contribution in [0.2, 0.25) is 0 Å². The number of ether oxygens (including phenoxy) is 2. The Morgan fingerprint density at radius 1 is 1.07 bits per heavy atom. The molecule has 2 aliphatic heterocycles. The lowest BCUT2D eigenvalue weighted by Gasteiger charge is -2.46. The summed E-state index contributed by atoms with van der Waals surface area (Å²) in [6.45, 7) is 1.18. The first kappa shape index (κ1) is 20.2. The molecule has 2 aromatic carbocycles. The summed E-state index contributed by atoms with van der Waals surface area (Å²) in [6, 6.07) is 13.0. The second-order valence-electron chi connectivity index (χ2n) is 7.64. The average molecular weight is 400 g/mol. The van der Waals surface area contributed by atoms with Crippen LogP contribution in [-0.4, -0.2) is 57.2 Å². The van der Waals surface area contributed by atoms with Crippen LogP contribution in [0, 0.1) is 0 Å². The molecule has 2 aliphatic rings. The van der Waals surface area contributed by atoms with Crippen LogP contribution in [-0.2, 0) is 28.3 Å². The highest BCUT2D eigenvalue weighted by Gasteiger charge is 2.58. The van der Waals surface area contributed by atoms with Gasteiger partial charge in [0.1, 0.15) is 24.4 Å². The van der Waals surface area contributed by atoms with Crippen LogP contribution in [0.5, 0.6) is 0 Å². The number of hydrogen-bond donors (Lipinski definition) is 4. The fourth-order valence-electron chi connectivity index (χ4n) is 4.02. The van der Waals surface area contributed by atoms with E-state index in [1.807, 2.05) is 30.3 Å². The molecule has 0 bridgehead atoms. The molecule has 1 fully saturated rings. The van der Waals surface area contributed by atoms with Gasteiger partial charge in [-0.1, -0.05) is 36.4 Å². The SMILES string of the molecule is CC(=O)c1ccc(Cc2ccc3c(c2)[C@]2(OC3)O[C@H](CO)[C@@H](O)[C@H](O)[C@H]2O)cc1. The second-order valence-corrected chi connectivity index (χ2v) is 7.64. The Labute approximate surface area is 168 Å². The van der Waals surface area contributed by atoms with Crippen LogP contribution in [0.25, 0.3) is 0 Å². The highest BCUT2D eigenvalue weighted by molar-refractivity contribution is 5.94. The molecule has 0 amide bonds. The molecule has 29 heavy (non-hydrogen) atoms. The van der Waals surface area contributed by atoms with Crippen molar-refractivity contribution >= 4 is 5.78 Å². The predicted octanol–water partition coefficient (Wildman–Crippen LogP) is 0.637. The highest BCUT2D eigenvalue weighted by atomic mass is 16.7. The van der Waals surface area contributed by atoms with Crippen molar-refractivity contribution in [3.63, 3.8) is 0 Å². The molecule has 0 aromatic heterocycles. The number of aliphatic hydroxyl groups excluding tert-OH is 4. The van der Waals surface area contributed by atoms with Gasteiger partial charge in [0.2, 0.25) is 5.79 Å². The number of ketones is 1. The lowest BCUT2D eigenvalue weighted by atomic mass is 9.86. The average Bonchev–Trinajstić information content (AvgIpc) is 3.08. The van der Waals surface area contributed by atoms with E-state index < -0.39 is 36.8 Å². The summed E-state index contributed by atoms with van der Waals surface area (Å²) in [7, 11) is 0. The van der Waals surface area contributed by atoms with Crippen molar-refractivity contribution < 1.29 is 34.7 Å². The van der Waals surface area contributed by atoms with E-state index in [2.05, 4.69) is 0 Å². The molecule has 0 unspecified atom stereocenters. The molecular weight excluding hydrogens is 376 g/mol. The first-order chi connectivity index (χ1) is 13.9. The number of benzene rings is 2. The van der Waals surface area contributed by atoms with E-state index >= 15 is 0 Å². The number of hydrogen-bond acceptors (Lipinski definition) is 7. The number of aliphatic hydroxyl groups is 4. The van der Waals surface area contributed by atoms with E-state index in [9.17, 15) is 25.2 Å². The molecule has 0 radical (unpaired) electrons. The van der Waals surface area contributed by atoms with Gasteiger partial charge in [0.25, 0.3) is 0 Å². The molecule has 0 saturated carbocycles. The molecular formula is C22H24O7. The van der Waals surface area contributed by atoms with Gasteiger partial charge in [0, 0.05) is 11.1 Å². The number of fused-ring (bicyclic) bond motifs is 2. The topological polar surface area (TPSA) is 116 Å². The van der Waals surface area contributed by atoms with Gasteiger partial charge in [0.05, 0.1) is 13.2 Å². The quantitative estimate of drug-likeness (QED) is 0.557. The fraction of sp³-hybridized carbons (Fsp3) is 0.409. The van der Waals surface area contributed by atoms with Gasteiger partial charge in [-0.2, -0.15) is 0 Å². The lowest BCUT2D eigenvalue weighted by Crippen LogP contribution is -2.63. The van der Waals surface area contributed by atoms with Gasteiger partial charge in [-0.05, 0) is 36.1 Å². The third-order valence-corrected chi connectivity index (χ3v) is 5.71. The Kier molecular flexibility index (Phi) is 5.29. The molecule has 5 atom stereocenters. The van der Waals surface area contributed by atoms with Crippen LogP contribution in [0.4, 0.5) is 0 Å². The van der Waals surface area contributed by atoms with Crippen LogP contribution >= 0.6 is 0 Å². The zero-order valence-corrected chi connectivity index (χ0v) is 16.0. The predicted molar refractivity (Wildman–Crippen MR) is 102 cm³/mol. The van der Waals surface area contributed by atoms with Gasteiger partial charge in [0.15, 0.2) is 5.78 Å². The van der Waals surface area contributed by atoms with E-state index in [0.717, 1.165) is 16.7 Å². The third kappa shape index (κ3) is 3.40. The van der Waals surface area contributed by atoms with E-state index in [1.165, 1.54) is 6.92 Å². The number of carbonyl (C=O) groups excluding carboxylic acids is 1. The maximum absolute atomic E-state index is 11.4. The summed E-state index contributed by atoms with van der Waals surface area (Å²) >= 11 is 0. The van der Waals surface area contributed by atoms with E-state index in [-0.39, 0.29) is 12.4 Å². The first-order valence-electron chi connectivity index (χ1n) is 9.54.